The molecule has 0 radical (unpaired) electrons. The van der Waals surface area contributed by atoms with Crippen molar-refractivity contribution in [1.29, 1.82) is 0 Å². The van der Waals surface area contributed by atoms with Crippen LogP contribution >= 0.6 is 0 Å². The average molecular weight is 338 g/mol. The highest BCUT2D eigenvalue weighted by molar-refractivity contribution is 5.71. The third kappa shape index (κ3) is 6.11. The van der Waals surface area contributed by atoms with Crippen molar-refractivity contribution in [2.45, 2.75) is 39.2 Å². The number of ether oxygens (including phenoxy) is 1. The minimum atomic E-state index is -0.828. The number of carbonyl (C=O) groups is 1. The molecule has 0 spiro atoms. The molecule has 0 fully saturated rings. The first-order chi connectivity index (χ1) is 11.7. The van der Waals surface area contributed by atoms with E-state index in [1.807, 2.05) is 63.2 Å². The average Bonchev–Trinajstić information content (AvgIpc) is 2.54. The van der Waals surface area contributed by atoms with Crippen LogP contribution in [-0.2, 0) is 16.0 Å². The SMILES string of the molecule is C=C(C[C@@H](Cc1ccc(-c2ccccc2)cc1)C(=O)O)OC(C)(C)C. The second-order valence-electron chi connectivity index (χ2n) is 7.26. The van der Waals surface area contributed by atoms with Gasteiger partial charge < -0.3 is 9.84 Å². The maximum atomic E-state index is 11.6. The highest BCUT2D eigenvalue weighted by atomic mass is 16.5. The molecule has 1 atom stereocenters. The van der Waals surface area contributed by atoms with Crippen LogP contribution in [-0.4, -0.2) is 16.7 Å². The van der Waals surface area contributed by atoms with Crippen molar-refractivity contribution in [2.24, 2.45) is 5.92 Å². The van der Waals surface area contributed by atoms with Crippen molar-refractivity contribution >= 4 is 5.97 Å². The fraction of sp³-hybridized carbons (Fsp3) is 0.318. The van der Waals surface area contributed by atoms with Crippen LogP contribution in [0.1, 0.15) is 32.8 Å². The molecule has 0 aliphatic carbocycles. The van der Waals surface area contributed by atoms with Crippen LogP contribution in [0.3, 0.4) is 0 Å². The summed E-state index contributed by atoms with van der Waals surface area (Å²) in [6.45, 7) is 9.65. The smallest absolute Gasteiger partial charge is 0.307 e. The highest BCUT2D eigenvalue weighted by Gasteiger charge is 2.22. The Hall–Kier alpha value is -2.55. The first-order valence-electron chi connectivity index (χ1n) is 8.48. The summed E-state index contributed by atoms with van der Waals surface area (Å²) in [4.78, 5) is 11.6. The van der Waals surface area contributed by atoms with E-state index in [-0.39, 0.29) is 5.60 Å². The lowest BCUT2D eigenvalue weighted by Crippen LogP contribution is -2.22. The van der Waals surface area contributed by atoms with Crippen LogP contribution < -0.4 is 0 Å². The minimum Gasteiger partial charge on any atom is -0.493 e. The van der Waals surface area contributed by atoms with Crippen LogP contribution in [0, 0.1) is 5.92 Å². The van der Waals surface area contributed by atoms with Gasteiger partial charge in [-0.1, -0.05) is 61.2 Å². The Balaban J connectivity index is 2.04. The molecule has 25 heavy (non-hydrogen) atoms. The molecule has 1 N–H and O–H groups in total. The maximum absolute atomic E-state index is 11.6. The van der Waals surface area contributed by atoms with Crippen LogP contribution in [0.5, 0.6) is 0 Å². The van der Waals surface area contributed by atoms with E-state index in [0.717, 1.165) is 16.7 Å². The monoisotopic (exact) mass is 338 g/mol. The van der Waals surface area contributed by atoms with E-state index in [0.29, 0.717) is 18.6 Å². The van der Waals surface area contributed by atoms with Crippen LogP contribution in [0.25, 0.3) is 11.1 Å². The molecule has 2 rings (SSSR count). The number of allylic oxidation sites excluding steroid dienone is 1. The number of rotatable bonds is 7. The van der Waals surface area contributed by atoms with Gasteiger partial charge in [0.25, 0.3) is 0 Å². The quantitative estimate of drug-likeness (QED) is 0.695. The van der Waals surface area contributed by atoms with E-state index in [2.05, 4.69) is 18.7 Å². The molecule has 132 valence electrons. The van der Waals surface area contributed by atoms with Gasteiger partial charge in [0, 0.05) is 6.42 Å². The molecule has 0 bridgehead atoms. The fourth-order valence-corrected chi connectivity index (χ4v) is 2.74. The van der Waals surface area contributed by atoms with Crippen molar-refractivity contribution in [1.82, 2.24) is 0 Å². The summed E-state index contributed by atoms with van der Waals surface area (Å²) in [5.41, 5.74) is 2.90. The zero-order valence-corrected chi connectivity index (χ0v) is 15.2. The summed E-state index contributed by atoms with van der Waals surface area (Å²) >= 11 is 0. The first kappa shape index (κ1) is 18.8. The lowest BCUT2D eigenvalue weighted by atomic mass is 9.94. The van der Waals surface area contributed by atoms with Crippen molar-refractivity contribution in [3.63, 3.8) is 0 Å². The topological polar surface area (TPSA) is 46.5 Å². The summed E-state index contributed by atoms with van der Waals surface area (Å²) < 4.78 is 5.68. The van der Waals surface area contributed by atoms with Gasteiger partial charge in [0.15, 0.2) is 0 Å². The third-order valence-corrected chi connectivity index (χ3v) is 3.82. The molecule has 0 aliphatic rings. The van der Waals surface area contributed by atoms with Gasteiger partial charge in [-0.25, -0.2) is 0 Å². The molecular weight excluding hydrogens is 312 g/mol. The number of carboxylic acid groups (broad SMARTS) is 1. The number of hydrogen-bond acceptors (Lipinski definition) is 2. The van der Waals surface area contributed by atoms with Gasteiger partial charge in [0.05, 0.1) is 11.7 Å². The van der Waals surface area contributed by atoms with Crippen molar-refractivity contribution in [3.8, 4) is 11.1 Å². The Bertz CT molecular complexity index is 709. The molecule has 0 saturated carbocycles. The van der Waals surface area contributed by atoms with Gasteiger partial charge in [0.2, 0.25) is 0 Å². The van der Waals surface area contributed by atoms with E-state index in [1.165, 1.54) is 0 Å². The zero-order valence-electron chi connectivity index (χ0n) is 15.2. The summed E-state index contributed by atoms with van der Waals surface area (Å²) in [6.07, 6.45) is 0.768. The number of hydrogen-bond donors (Lipinski definition) is 1. The number of carboxylic acids is 1. The Morgan fingerprint density at radius 3 is 2.12 bits per heavy atom. The van der Waals surface area contributed by atoms with E-state index in [1.54, 1.807) is 0 Å². The zero-order chi connectivity index (χ0) is 18.4. The van der Waals surface area contributed by atoms with Gasteiger partial charge in [-0.3, -0.25) is 4.79 Å². The molecule has 2 aromatic rings. The summed E-state index contributed by atoms with van der Waals surface area (Å²) in [6, 6.07) is 18.2. The van der Waals surface area contributed by atoms with Gasteiger partial charge >= 0.3 is 5.97 Å². The summed E-state index contributed by atoms with van der Waals surface area (Å²) in [5, 5.41) is 9.52. The van der Waals surface area contributed by atoms with Crippen molar-refractivity contribution in [3.05, 3.63) is 72.5 Å². The lowest BCUT2D eigenvalue weighted by Gasteiger charge is -2.24. The third-order valence-electron chi connectivity index (χ3n) is 3.82. The van der Waals surface area contributed by atoms with Crippen molar-refractivity contribution < 1.29 is 14.6 Å². The lowest BCUT2D eigenvalue weighted by molar-refractivity contribution is -0.142. The molecule has 0 unspecified atom stereocenters. The van der Waals surface area contributed by atoms with E-state index in [9.17, 15) is 9.90 Å². The molecule has 0 aromatic heterocycles. The molecule has 0 saturated heterocycles. The number of benzene rings is 2. The minimum absolute atomic E-state index is 0.313. The van der Waals surface area contributed by atoms with E-state index in [4.69, 9.17) is 4.74 Å². The molecule has 0 heterocycles. The van der Waals surface area contributed by atoms with Crippen LogP contribution in [0.15, 0.2) is 66.9 Å². The fourth-order valence-electron chi connectivity index (χ4n) is 2.74. The molecule has 2 aromatic carbocycles. The maximum Gasteiger partial charge on any atom is 0.307 e. The summed E-state index contributed by atoms with van der Waals surface area (Å²) in [7, 11) is 0. The summed E-state index contributed by atoms with van der Waals surface area (Å²) in [5.74, 6) is -0.857. The first-order valence-corrected chi connectivity index (χ1v) is 8.48. The van der Waals surface area contributed by atoms with Gasteiger partial charge in [-0.05, 0) is 43.9 Å². The Labute approximate surface area is 150 Å². The van der Waals surface area contributed by atoms with Crippen LogP contribution in [0.4, 0.5) is 0 Å². The Kier molecular flexibility index (Phi) is 6.02. The Morgan fingerprint density at radius 2 is 1.60 bits per heavy atom. The molecule has 3 heteroatoms. The molecule has 0 aliphatic heterocycles. The van der Waals surface area contributed by atoms with E-state index >= 15 is 0 Å². The standard InChI is InChI=1S/C22H26O3/c1-16(25-22(2,3)4)14-20(21(23)24)15-17-10-12-19(13-11-17)18-8-6-5-7-9-18/h5-13,20H,1,14-15H2,2-4H3,(H,23,24)/t20-/m0/s1. The van der Waals surface area contributed by atoms with Gasteiger partial charge in [-0.15, -0.1) is 0 Å². The van der Waals surface area contributed by atoms with Crippen LogP contribution in [0.2, 0.25) is 0 Å². The second kappa shape index (κ2) is 8.02. The number of aliphatic carboxylic acids is 1. The largest absolute Gasteiger partial charge is 0.493 e. The van der Waals surface area contributed by atoms with E-state index < -0.39 is 11.9 Å². The predicted molar refractivity (Wildman–Crippen MR) is 101 cm³/mol. The Morgan fingerprint density at radius 1 is 1.04 bits per heavy atom. The normalized spacial score (nSPS) is 12.4. The van der Waals surface area contributed by atoms with Gasteiger partial charge in [-0.2, -0.15) is 0 Å². The highest BCUT2D eigenvalue weighted by Crippen LogP contribution is 2.24. The molecule has 0 amide bonds. The van der Waals surface area contributed by atoms with Crippen molar-refractivity contribution in [2.75, 3.05) is 0 Å². The second-order valence-corrected chi connectivity index (χ2v) is 7.26. The molecular formula is C22H26O3. The van der Waals surface area contributed by atoms with Gasteiger partial charge in [0.1, 0.15) is 5.60 Å². The molecule has 3 nitrogen and oxygen atoms in total. The predicted octanol–water partition coefficient (Wildman–Crippen LogP) is 5.32.